The van der Waals surface area contributed by atoms with Crippen LogP contribution < -0.4 is 0 Å². The molecule has 6 fully saturated rings. The van der Waals surface area contributed by atoms with Gasteiger partial charge in [-0.15, -0.1) is 10.2 Å². The number of allylic oxidation sites excluding steroid dienone is 1. The van der Waals surface area contributed by atoms with Gasteiger partial charge in [-0.05, 0) is 140 Å². The van der Waals surface area contributed by atoms with Crippen molar-refractivity contribution in [3.63, 3.8) is 0 Å². The van der Waals surface area contributed by atoms with Gasteiger partial charge in [0.1, 0.15) is 6.10 Å². The number of carbonyl (C=O) groups is 2. The van der Waals surface area contributed by atoms with E-state index in [0.29, 0.717) is 35.5 Å². The predicted molar refractivity (Wildman–Crippen MR) is 199 cm³/mol. The second-order valence-corrected chi connectivity index (χ2v) is 20.3. The monoisotopic (exact) mass is 711 g/mol. The van der Waals surface area contributed by atoms with Crippen molar-refractivity contribution in [2.24, 2.45) is 68.5 Å². The molecule has 0 saturated heterocycles. The average molecular weight is 712 g/mol. The van der Waals surface area contributed by atoms with Crippen LogP contribution in [0.5, 0.6) is 0 Å². The van der Waals surface area contributed by atoms with Crippen molar-refractivity contribution in [3.8, 4) is 11.5 Å². The quantitative estimate of drug-likeness (QED) is 0.223. The van der Waals surface area contributed by atoms with Gasteiger partial charge in [0.15, 0.2) is 0 Å². The van der Waals surface area contributed by atoms with Crippen LogP contribution in [0.15, 0.2) is 41.1 Å². The van der Waals surface area contributed by atoms with Crippen molar-refractivity contribution >= 4 is 11.9 Å². The van der Waals surface area contributed by atoms with Gasteiger partial charge < -0.3 is 14.3 Å². The number of hydrogen-bond acceptors (Lipinski definition) is 7. The first-order valence-electron chi connectivity index (χ1n) is 20.2. The van der Waals surface area contributed by atoms with Crippen LogP contribution in [0.25, 0.3) is 11.5 Å². The van der Waals surface area contributed by atoms with E-state index in [1.165, 1.54) is 24.8 Å². The van der Waals surface area contributed by atoms with Gasteiger partial charge in [-0.2, -0.15) is 0 Å². The number of carbonyl (C=O) groups excluding carboxylic acids is 1. The van der Waals surface area contributed by atoms with Gasteiger partial charge in [-0.3, -0.25) is 14.6 Å². The molecule has 6 aliphatic rings. The van der Waals surface area contributed by atoms with Gasteiger partial charge in [0.05, 0.1) is 16.9 Å². The zero-order chi connectivity index (χ0) is 37.2. The highest BCUT2D eigenvalue weighted by Crippen LogP contribution is 2.77. The van der Waals surface area contributed by atoms with Crippen LogP contribution in [-0.4, -0.2) is 38.3 Å². The third kappa shape index (κ3) is 4.86. The Kier molecular flexibility index (Phi) is 8.12. The summed E-state index contributed by atoms with van der Waals surface area (Å²) in [6, 6.07) is 3.91. The van der Waals surface area contributed by atoms with Gasteiger partial charge in [-0.25, -0.2) is 0 Å². The number of nitrogens with zero attached hydrogens (tertiary/aromatic N) is 3. The average Bonchev–Trinajstić information content (AvgIpc) is 3.45. The summed E-state index contributed by atoms with van der Waals surface area (Å²) in [5, 5.41) is 18.8. The van der Waals surface area contributed by atoms with Crippen LogP contribution in [0.1, 0.15) is 132 Å². The molecule has 0 amide bonds. The largest absolute Gasteiger partial charge is 0.481 e. The summed E-state index contributed by atoms with van der Waals surface area (Å²) in [7, 11) is 0. The van der Waals surface area contributed by atoms with E-state index in [4.69, 9.17) is 14.3 Å². The first kappa shape index (κ1) is 36.0. The molecule has 2 heterocycles. The summed E-state index contributed by atoms with van der Waals surface area (Å²) in [4.78, 5) is 29.4. The van der Waals surface area contributed by atoms with E-state index in [-0.39, 0.29) is 62.8 Å². The lowest BCUT2D eigenvalue weighted by molar-refractivity contribution is -0.246. The summed E-state index contributed by atoms with van der Waals surface area (Å²) in [6.45, 7) is 23.4. The van der Waals surface area contributed by atoms with Crippen molar-refractivity contribution in [2.75, 3.05) is 0 Å². The van der Waals surface area contributed by atoms with Gasteiger partial charge in [0, 0.05) is 24.2 Å². The van der Waals surface area contributed by atoms with Gasteiger partial charge in [0.25, 0.3) is 0 Å². The number of rotatable bonds is 7. The fraction of sp³-hybridized carbons (Fsp3) is 0.750. The number of pyridine rings is 1. The molecule has 2 aromatic rings. The minimum Gasteiger partial charge on any atom is -0.481 e. The highest BCUT2D eigenvalue weighted by Gasteiger charge is 2.72. The SMILES string of the molecule is C=C(C)[C@@H]1CC[C@]2(c3nnc(-c4cccnc4)o3)CC[C@]3(C)[C@H](CC[C@@H]4[C@@]5(C)CC[C@H](OC(=O)[C@H]6[C@@H](CC(=O)O)C6(C)C)C(C)(C)[C@@H]5CC[C@]43C)[C@@H]12. The van der Waals surface area contributed by atoms with Crippen LogP contribution in [0.3, 0.4) is 0 Å². The Bertz CT molecular complexity index is 1770. The molecular formula is C44H61N3O5. The summed E-state index contributed by atoms with van der Waals surface area (Å²) in [6.07, 6.45) is 14.6. The molecular weight excluding hydrogens is 651 g/mol. The van der Waals surface area contributed by atoms with Crippen LogP contribution in [-0.2, 0) is 19.7 Å². The first-order valence-corrected chi connectivity index (χ1v) is 20.2. The number of carboxylic acid groups (broad SMARTS) is 1. The van der Waals surface area contributed by atoms with Crippen molar-refractivity contribution in [1.82, 2.24) is 15.2 Å². The molecule has 12 atom stereocenters. The molecule has 0 unspecified atom stereocenters. The second kappa shape index (κ2) is 11.7. The molecule has 282 valence electrons. The Morgan fingerprint density at radius 3 is 2.37 bits per heavy atom. The van der Waals surface area contributed by atoms with Gasteiger partial charge in [0.2, 0.25) is 11.8 Å². The summed E-state index contributed by atoms with van der Waals surface area (Å²) in [5.41, 5.74) is 2.06. The Labute approximate surface area is 310 Å². The number of aromatic nitrogens is 3. The minimum absolute atomic E-state index is 0.0258. The van der Waals surface area contributed by atoms with Crippen molar-refractivity contribution in [1.29, 1.82) is 0 Å². The van der Waals surface area contributed by atoms with E-state index in [1.54, 1.807) is 12.4 Å². The summed E-state index contributed by atoms with van der Waals surface area (Å²) < 4.78 is 13.1. The van der Waals surface area contributed by atoms with Crippen LogP contribution >= 0.6 is 0 Å². The van der Waals surface area contributed by atoms with E-state index >= 15 is 0 Å². The lowest BCUT2D eigenvalue weighted by Gasteiger charge is -2.72. The van der Waals surface area contributed by atoms with Crippen LogP contribution in [0.2, 0.25) is 0 Å². The number of ether oxygens (including phenoxy) is 1. The molecule has 1 N–H and O–H groups in total. The maximum absolute atomic E-state index is 13.6. The molecule has 0 aromatic carbocycles. The number of fused-ring (bicyclic) bond motifs is 7. The molecule has 2 aromatic heterocycles. The molecule has 8 heteroatoms. The zero-order valence-corrected chi connectivity index (χ0v) is 32.8. The third-order valence-electron chi connectivity index (χ3n) is 17.7. The van der Waals surface area contributed by atoms with Crippen molar-refractivity contribution < 1.29 is 23.8 Å². The highest BCUT2D eigenvalue weighted by molar-refractivity contribution is 5.80. The Hall–Kier alpha value is -3.03. The molecule has 52 heavy (non-hydrogen) atoms. The van der Waals surface area contributed by atoms with Gasteiger partial charge in [-0.1, -0.05) is 60.6 Å². The van der Waals surface area contributed by atoms with Gasteiger partial charge >= 0.3 is 11.9 Å². The second-order valence-electron chi connectivity index (χ2n) is 20.3. The highest BCUT2D eigenvalue weighted by atomic mass is 16.5. The summed E-state index contributed by atoms with van der Waals surface area (Å²) in [5.74, 6) is 2.35. The van der Waals surface area contributed by atoms with E-state index in [0.717, 1.165) is 56.4 Å². The van der Waals surface area contributed by atoms with E-state index in [1.807, 2.05) is 26.0 Å². The summed E-state index contributed by atoms with van der Waals surface area (Å²) >= 11 is 0. The molecule has 6 saturated carbocycles. The standard InChI is InChI=1S/C44H61N3O5/c1-25(2)27-14-19-44(38-47-46-36(52-38)26-11-10-22-45-24-26)21-20-42(8)28(34(27)44)12-13-31-41(7)17-16-32(40(5,6)30(41)15-18-43(31,42)9)51-37(50)35-29(23-33(48)49)39(35,3)4/h10-11,22,24,27-32,34-35H,1,12-21,23H2,2-9H3,(H,48,49)/t27-,28+,29+,30-,31+,32-,34+,35+,41-,42+,43+,44-/m0/s1. The molecule has 8 rings (SSSR count). The molecule has 0 bridgehead atoms. The Balaban J connectivity index is 1.06. The Morgan fingerprint density at radius 1 is 0.904 bits per heavy atom. The van der Waals surface area contributed by atoms with E-state index in [9.17, 15) is 14.7 Å². The lowest BCUT2D eigenvalue weighted by atomic mass is 9.32. The van der Waals surface area contributed by atoms with Crippen LogP contribution in [0.4, 0.5) is 0 Å². The topological polar surface area (TPSA) is 115 Å². The van der Waals surface area contributed by atoms with Crippen molar-refractivity contribution in [2.45, 2.75) is 138 Å². The molecule has 0 aliphatic heterocycles. The number of aliphatic carboxylic acids is 1. The van der Waals surface area contributed by atoms with E-state index in [2.05, 4.69) is 58.2 Å². The van der Waals surface area contributed by atoms with Crippen molar-refractivity contribution in [3.05, 3.63) is 42.6 Å². The number of carboxylic acids is 1. The molecule has 6 aliphatic carbocycles. The third-order valence-corrected chi connectivity index (χ3v) is 17.7. The maximum Gasteiger partial charge on any atom is 0.310 e. The van der Waals surface area contributed by atoms with Crippen LogP contribution in [0, 0.1) is 68.5 Å². The fourth-order valence-electron chi connectivity index (χ4n) is 14.7. The fourth-order valence-corrected chi connectivity index (χ4v) is 14.7. The number of hydrogen-bond donors (Lipinski definition) is 1. The molecule has 8 nitrogen and oxygen atoms in total. The molecule has 0 radical (unpaired) electrons. The lowest BCUT2D eigenvalue weighted by Crippen LogP contribution is -2.67. The maximum atomic E-state index is 13.6. The number of esters is 1. The minimum atomic E-state index is -0.841. The predicted octanol–water partition coefficient (Wildman–Crippen LogP) is 9.70. The first-order chi connectivity index (χ1) is 24.4. The Morgan fingerprint density at radius 2 is 1.67 bits per heavy atom. The smallest absolute Gasteiger partial charge is 0.310 e. The van der Waals surface area contributed by atoms with E-state index < -0.39 is 5.97 Å². The zero-order valence-electron chi connectivity index (χ0n) is 32.8. The normalized spacial score (nSPS) is 44.0. The molecule has 0 spiro atoms.